The van der Waals surface area contributed by atoms with Crippen LogP contribution in [0.1, 0.15) is 5.69 Å². The van der Waals surface area contributed by atoms with Crippen LogP contribution in [-0.2, 0) is 7.05 Å². The molecule has 3 rings (SSSR count). The number of pyridine rings is 2. The molecule has 0 radical (unpaired) electrons. The second-order valence-electron chi connectivity index (χ2n) is 4.69. The molecule has 4 nitrogen and oxygen atoms in total. The highest BCUT2D eigenvalue weighted by Crippen LogP contribution is 2.32. The fraction of sp³-hybridized carbons (Fsp3) is 0.200. The summed E-state index contributed by atoms with van der Waals surface area (Å²) in [7, 11) is 3.31. The van der Waals surface area contributed by atoms with E-state index in [0.717, 1.165) is 22.0 Å². The molecule has 3 aromatic rings. The number of benzene rings is 1. The van der Waals surface area contributed by atoms with Gasteiger partial charge in [0.1, 0.15) is 5.75 Å². The highest BCUT2D eigenvalue weighted by molar-refractivity contribution is 6.33. The van der Waals surface area contributed by atoms with E-state index < -0.39 is 0 Å². The van der Waals surface area contributed by atoms with Crippen molar-refractivity contribution in [3.63, 3.8) is 0 Å². The second kappa shape index (κ2) is 4.49. The monoisotopic (exact) mass is 288 g/mol. The van der Waals surface area contributed by atoms with Gasteiger partial charge in [0.15, 0.2) is 0 Å². The number of hydrogen-bond acceptors (Lipinski definition) is 3. The largest absolute Gasteiger partial charge is 0.495 e. The third kappa shape index (κ3) is 1.68. The van der Waals surface area contributed by atoms with Crippen LogP contribution in [-0.4, -0.2) is 16.7 Å². The second-order valence-corrected chi connectivity index (χ2v) is 5.09. The molecule has 2 heterocycles. The minimum atomic E-state index is -0.0701. The Hall–Kier alpha value is -2.07. The Morgan fingerprint density at radius 2 is 2.05 bits per heavy atom. The molecule has 102 valence electrons. The molecule has 2 aromatic heterocycles. The SMILES string of the molecule is COc1cc2c3ccnc(C)c3c(=O)n(C)c2cc1Cl. The zero-order valence-corrected chi connectivity index (χ0v) is 12.2. The molecule has 0 unspecified atom stereocenters. The van der Waals surface area contributed by atoms with Crippen molar-refractivity contribution in [2.24, 2.45) is 7.05 Å². The van der Waals surface area contributed by atoms with Gasteiger partial charge in [0.2, 0.25) is 0 Å². The van der Waals surface area contributed by atoms with Crippen molar-refractivity contribution in [3.8, 4) is 5.75 Å². The fourth-order valence-corrected chi connectivity index (χ4v) is 2.77. The summed E-state index contributed by atoms with van der Waals surface area (Å²) < 4.78 is 6.86. The molecule has 0 aliphatic rings. The third-order valence-corrected chi connectivity index (χ3v) is 3.88. The van der Waals surface area contributed by atoms with E-state index in [1.807, 2.05) is 19.1 Å². The van der Waals surface area contributed by atoms with Crippen molar-refractivity contribution in [1.82, 2.24) is 9.55 Å². The van der Waals surface area contributed by atoms with Gasteiger partial charge in [-0.05, 0) is 25.1 Å². The van der Waals surface area contributed by atoms with Gasteiger partial charge in [0, 0.05) is 24.0 Å². The molecule has 20 heavy (non-hydrogen) atoms. The van der Waals surface area contributed by atoms with E-state index in [0.29, 0.717) is 16.2 Å². The fourth-order valence-electron chi connectivity index (χ4n) is 2.53. The number of nitrogens with zero attached hydrogens (tertiary/aromatic N) is 2. The van der Waals surface area contributed by atoms with Gasteiger partial charge in [-0.1, -0.05) is 11.6 Å². The average molecular weight is 289 g/mol. The molecule has 0 atom stereocenters. The zero-order chi connectivity index (χ0) is 14.4. The first-order valence-electron chi connectivity index (χ1n) is 6.16. The lowest BCUT2D eigenvalue weighted by Crippen LogP contribution is -2.18. The van der Waals surface area contributed by atoms with Crippen LogP contribution in [0, 0.1) is 6.92 Å². The summed E-state index contributed by atoms with van der Waals surface area (Å²) in [6.07, 6.45) is 1.71. The zero-order valence-electron chi connectivity index (χ0n) is 11.4. The lowest BCUT2D eigenvalue weighted by molar-refractivity contribution is 0.415. The van der Waals surface area contributed by atoms with Gasteiger partial charge >= 0.3 is 0 Å². The maximum Gasteiger partial charge on any atom is 0.260 e. The Labute approximate surface area is 120 Å². The summed E-state index contributed by atoms with van der Waals surface area (Å²) in [4.78, 5) is 16.7. The summed E-state index contributed by atoms with van der Waals surface area (Å²) in [6, 6.07) is 5.46. The smallest absolute Gasteiger partial charge is 0.260 e. The van der Waals surface area contributed by atoms with Crippen LogP contribution in [0.2, 0.25) is 5.02 Å². The molecule has 0 spiro atoms. The highest BCUT2D eigenvalue weighted by atomic mass is 35.5. The lowest BCUT2D eigenvalue weighted by atomic mass is 10.1. The van der Waals surface area contributed by atoms with Crippen LogP contribution in [0.4, 0.5) is 0 Å². The summed E-state index contributed by atoms with van der Waals surface area (Å²) in [5, 5.41) is 2.91. The number of rotatable bonds is 1. The Bertz CT molecular complexity index is 900. The quantitative estimate of drug-likeness (QED) is 0.647. The van der Waals surface area contributed by atoms with E-state index in [-0.39, 0.29) is 5.56 Å². The Kier molecular flexibility index (Phi) is 2.91. The number of halogens is 1. The number of ether oxygens (including phenoxy) is 1. The van der Waals surface area contributed by atoms with Gasteiger partial charge < -0.3 is 9.30 Å². The Balaban J connectivity index is 2.65. The molecule has 0 aliphatic heterocycles. The van der Waals surface area contributed by atoms with Crippen LogP contribution < -0.4 is 10.3 Å². The minimum absolute atomic E-state index is 0.0701. The van der Waals surface area contributed by atoms with Crippen molar-refractivity contribution in [2.45, 2.75) is 6.92 Å². The molecule has 0 bridgehead atoms. The summed E-state index contributed by atoms with van der Waals surface area (Å²) in [6.45, 7) is 1.84. The first kappa shape index (κ1) is 12.9. The van der Waals surface area contributed by atoms with Crippen LogP contribution in [0.25, 0.3) is 21.7 Å². The Morgan fingerprint density at radius 3 is 2.75 bits per heavy atom. The van der Waals surface area contributed by atoms with Crippen molar-refractivity contribution in [2.75, 3.05) is 7.11 Å². The lowest BCUT2D eigenvalue weighted by Gasteiger charge is -2.12. The van der Waals surface area contributed by atoms with Crippen molar-refractivity contribution in [1.29, 1.82) is 0 Å². The Morgan fingerprint density at radius 1 is 1.30 bits per heavy atom. The number of aromatic nitrogens is 2. The first-order chi connectivity index (χ1) is 9.54. The molecule has 5 heteroatoms. The predicted molar refractivity (Wildman–Crippen MR) is 80.8 cm³/mol. The summed E-state index contributed by atoms with van der Waals surface area (Å²) >= 11 is 6.16. The van der Waals surface area contributed by atoms with E-state index >= 15 is 0 Å². The average Bonchev–Trinajstić information content (AvgIpc) is 2.44. The van der Waals surface area contributed by atoms with Gasteiger partial charge in [0.05, 0.1) is 28.7 Å². The van der Waals surface area contributed by atoms with Gasteiger partial charge in [-0.25, -0.2) is 0 Å². The molecule has 0 amide bonds. The molecule has 0 N–H and O–H groups in total. The molecule has 0 saturated carbocycles. The van der Waals surface area contributed by atoms with Crippen LogP contribution in [0.5, 0.6) is 5.75 Å². The molecular formula is C15H13ClN2O2. The maximum absolute atomic E-state index is 12.5. The van der Waals surface area contributed by atoms with E-state index in [4.69, 9.17) is 16.3 Å². The van der Waals surface area contributed by atoms with Gasteiger partial charge in [-0.3, -0.25) is 9.78 Å². The molecular weight excluding hydrogens is 276 g/mol. The van der Waals surface area contributed by atoms with E-state index in [9.17, 15) is 4.79 Å². The topological polar surface area (TPSA) is 44.1 Å². The molecule has 0 saturated heterocycles. The third-order valence-electron chi connectivity index (χ3n) is 3.58. The number of fused-ring (bicyclic) bond motifs is 3. The van der Waals surface area contributed by atoms with Gasteiger partial charge in [-0.15, -0.1) is 0 Å². The molecule has 1 aromatic carbocycles. The maximum atomic E-state index is 12.5. The highest BCUT2D eigenvalue weighted by Gasteiger charge is 2.13. The summed E-state index contributed by atoms with van der Waals surface area (Å²) in [5.74, 6) is 0.591. The van der Waals surface area contributed by atoms with Crippen molar-refractivity contribution >= 4 is 33.3 Å². The number of hydrogen-bond donors (Lipinski definition) is 0. The number of methoxy groups -OCH3 is 1. The summed E-state index contributed by atoms with van der Waals surface area (Å²) in [5.41, 5.74) is 1.43. The van der Waals surface area contributed by atoms with E-state index in [2.05, 4.69) is 4.98 Å². The van der Waals surface area contributed by atoms with Crippen LogP contribution >= 0.6 is 11.6 Å². The van der Waals surface area contributed by atoms with Crippen LogP contribution in [0.15, 0.2) is 29.2 Å². The van der Waals surface area contributed by atoms with Crippen molar-refractivity contribution < 1.29 is 4.74 Å². The minimum Gasteiger partial charge on any atom is -0.495 e. The van der Waals surface area contributed by atoms with E-state index in [1.54, 1.807) is 31.0 Å². The van der Waals surface area contributed by atoms with Crippen LogP contribution in [0.3, 0.4) is 0 Å². The number of aryl methyl sites for hydroxylation is 2. The molecule has 0 aliphatic carbocycles. The standard InChI is InChI=1S/C15H13ClN2O2/c1-8-14-9(4-5-17-8)10-6-13(20-3)11(16)7-12(10)18(2)15(14)19/h4-7H,1-3H3. The molecule has 0 fully saturated rings. The van der Waals surface area contributed by atoms with Crippen molar-refractivity contribution in [3.05, 3.63) is 45.5 Å². The van der Waals surface area contributed by atoms with Gasteiger partial charge in [-0.2, -0.15) is 0 Å². The van der Waals surface area contributed by atoms with Gasteiger partial charge in [0.25, 0.3) is 5.56 Å². The first-order valence-corrected chi connectivity index (χ1v) is 6.54. The van der Waals surface area contributed by atoms with E-state index in [1.165, 1.54) is 0 Å². The predicted octanol–water partition coefficient (Wildman–Crippen LogP) is 3.06. The normalized spacial score (nSPS) is 11.2.